The van der Waals surface area contributed by atoms with E-state index in [0.29, 0.717) is 5.69 Å². The molecular weight excluding hydrogens is 280 g/mol. The molecule has 0 saturated carbocycles. The van der Waals surface area contributed by atoms with Crippen LogP contribution >= 0.6 is 0 Å². The van der Waals surface area contributed by atoms with Crippen molar-refractivity contribution >= 4 is 17.4 Å². The summed E-state index contributed by atoms with van der Waals surface area (Å²) in [5, 5.41) is 2.70. The number of nitrogens with one attached hydrogen (secondary N) is 2. The van der Waals surface area contributed by atoms with E-state index in [9.17, 15) is 9.59 Å². The SMILES string of the molecule is Cc1ccc(C(=O)Nc2ccc(N3CCCC3)nc2)c(=O)[nH]1. The van der Waals surface area contributed by atoms with E-state index in [1.54, 1.807) is 25.3 Å². The first-order valence-electron chi connectivity index (χ1n) is 7.36. The van der Waals surface area contributed by atoms with Crippen LogP contribution in [0.25, 0.3) is 0 Å². The summed E-state index contributed by atoms with van der Waals surface area (Å²) in [5.74, 6) is 0.487. The molecule has 22 heavy (non-hydrogen) atoms. The Morgan fingerprint density at radius 1 is 1.23 bits per heavy atom. The molecule has 1 amide bonds. The predicted octanol–water partition coefficient (Wildman–Crippen LogP) is 1.93. The van der Waals surface area contributed by atoms with Crippen molar-refractivity contribution in [1.82, 2.24) is 9.97 Å². The first-order valence-corrected chi connectivity index (χ1v) is 7.36. The molecule has 6 heteroatoms. The van der Waals surface area contributed by atoms with Gasteiger partial charge in [0.15, 0.2) is 0 Å². The fraction of sp³-hybridized carbons (Fsp3) is 0.312. The zero-order valence-corrected chi connectivity index (χ0v) is 12.4. The Bertz CT molecular complexity index is 731. The molecule has 2 aromatic rings. The van der Waals surface area contributed by atoms with Crippen molar-refractivity contribution in [2.75, 3.05) is 23.3 Å². The first-order chi connectivity index (χ1) is 10.6. The average Bonchev–Trinajstić information content (AvgIpc) is 3.02. The lowest BCUT2D eigenvalue weighted by molar-refractivity contribution is 0.102. The molecule has 2 N–H and O–H groups in total. The second-order valence-electron chi connectivity index (χ2n) is 5.44. The van der Waals surface area contributed by atoms with Gasteiger partial charge in [-0.3, -0.25) is 9.59 Å². The fourth-order valence-corrected chi connectivity index (χ4v) is 2.54. The maximum atomic E-state index is 12.1. The van der Waals surface area contributed by atoms with Gasteiger partial charge in [0.1, 0.15) is 11.4 Å². The van der Waals surface area contributed by atoms with Crippen LogP contribution in [0.4, 0.5) is 11.5 Å². The van der Waals surface area contributed by atoms with Gasteiger partial charge in [-0.1, -0.05) is 0 Å². The van der Waals surface area contributed by atoms with Gasteiger partial charge in [0, 0.05) is 18.8 Å². The summed E-state index contributed by atoms with van der Waals surface area (Å²) in [6.07, 6.45) is 4.00. The van der Waals surface area contributed by atoms with E-state index in [1.807, 2.05) is 6.07 Å². The van der Waals surface area contributed by atoms with Crippen LogP contribution in [-0.2, 0) is 0 Å². The monoisotopic (exact) mass is 298 g/mol. The van der Waals surface area contributed by atoms with Gasteiger partial charge in [-0.25, -0.2) is 4.98 Å². The highest BCUT2D eigenvalue weighted by Gasteiger charge is 2.14. The minimum Gasteiger partial charge on any atom is -0.357 e. The number of nitrogens with zero attached hydrogens (tertiary/aromatic N) is 2. The standard InChI is InChI=1S/C16H18N4O2/c1-11-4-6-13(15(21)18-11)16(22)19-12-5-7-14(17-10-12)20-8-2-3-9-20/h4-7,10H,2-3,8-9H2,1H3,(H,18,21)(H,19,22). The van der Waals surface area contributed by atoms with E-state index in [0.717, 1.165) is 24.6 Å². The van der Waals surface area contributed by atoms with Crippen LogP contribution in [0.3, 0.4) is 0 Å². The van der Waals surface area contributed by atoms with E-state index in [4.69, 9.17) is 0 Å². The molecule has 0 aliphatic carbocycles. The highest BCUT2D eigenvalue weighted by atomic mass is 16.2. The van der Waals surface area contributed by atoms with Crippen LogP contribution in [0.1, 0.15) is 28.9 Å². The topological polar surface area (TPSA) is 78.1 Å². The number of aryl methyl sites for hydroxylation is 1. The number of aromatic amines is 1. The van der Waals surface area contributed by atoms with E-state index >= 15 is 0 Å². The number of carbonyl (C=O) groups excluding carboxylic acids is 1. The Morgan fingerprint density at radius 3 is 2.64 bits per heavy atom. The molecule has 1 saturated heterocycles. The highest BCUT2D eigenvalue weighted by Crippen LogP contribution is 2.19. The quantitative estimate of drug-likeness (QED) is 0.907. The van der Waals surface area contributed by atoms with E-state index in [-0.39, 0.29) is 11.1 Å². The molecule has 0 unspecified atom stereocenters. The maximum absolute atomic E-state index is 12.1. The molecule has 114 valence electrons. The number of carbonyl (C=O) groups is 1. The van der Waals surface area contributed by atoms with Crippen molar-refractivity contribution in [2.45, 2.75) is 19.8 Å². The van der Waals surface area contributed by atoms with Crippen molar-refractivity contribution < 1.29 is 4.79 Å². The summed E-state index contributed by atoms with van der Waals surface area (Å²) in [5.41, 5.74) is 1.000. The molecular formula is C16H18N4O2. The van der Waals surface area contributed by atoms with Gasteiger partial charge in [0.25, 0.3) is 11.5 Å². The number of aromatic nitrogens is 2. The first kappa shape index (κ1) is 14.3. The molecule has 3 heterocycles. The van der Waals surface area contributed by atoms with Crippen molar-refractivity contribution in [3.8, 4) is 0 Å². The predicted molar refractivity (Wildman–Crippen MR) is 85.4 cm³/mol. The lowest BCUT2D eigenvalue weighted by Crippen LogP contribution is -2.23. The van der Waals surface area contributed by atoms with Crippen molar-refractivity contribution in [2.24, 2.45) is 0 Å². The highest BCUT2D eigenvalue weighted by molar-refractivity contribution is 6.03. The second-order valence-corrected chi connectivity index (χ2v) is 5.44. The van der Waals surface area contributed by atoms with Crippen molar-refractivity contribution in [1.29, 1.82) is 0 Å². The second kappa shape index (κ2) is 6.01. The van der Waals surface area contributed by atoms with Crippen LogP contribution in [-0.4, -0.2) is 29.0 Å². The summed E-state index contributed by atoms with van der Waals surface area (Å²) in [4.78, 5) is 33.1. The van der Waals surface area contributed by atoms with Crippen LogP contribution < -0.4 is 15.8 Å². The Labute approximate surface area is 128 Å². The molecule has 0 aromatic carbocycles. The summed E-state index contributed by atoms with van der Waals surface area (Å²) in [6.45, 7) is 3.82. The molecule has 6 nitrogen and oxygen atoms in total. The fourth-order valence-electron chi connectivity index (χ4n) is 2.54. The van der Waals surface area contributed by atoms with E-state index in [1.165, 1.54) is 18.9 Å². The third-order valence-corrected chi connectivity index (χ3v) is 3.74. The molecule has 0 radical (unpaired) electrons. The van der Waals surface area contributed by atoms with Gasteiger partial charge in [-0.05, 0) is 44.0 Å². The molecule has 1 fully saturated rings. The summed E-state index contributed by atoms with van der Waals surface area (Å²) in [7, 11) is 0. The number of hydrogen-bond donors (Lipinski definition) is 2. The lowest BCUT2D eigenvalue weighted by Gasteiger charge is -2.16. The van der Waals surface area contributed by atoms with Gasteiger partial charge in [-0.15, -0.1) is 0 Å². The molecule has 1 aliphatic heterocycles. The smallest absolute Gasteiger partial charge is 0.261 e. The van der Waals surface area contributed by atoms with E-state index in [2.05, 4.69) is 20.2 Å². The summed E-state index contributed by atoms with van der Waals surface area (Å²) >= 11 is 0. The number of anilines is 2. The number of rotatable bonds is 3. The third-order valence-electron chi connectivity index (χ3n) is 3.74. The van der Waals surface area contributed by atoms with Crippen LogP contribution in [0.15, 0.2) is 35.3 Å². The Hall–Kier alpha value is -2.63. The van der Waals surface area contributed by atoms with Gasteiger partial charge in [0.2, 0.25) is 0 Å². The zero-order chi connectivity index (χ0) is 15.5. The van der Waals surface area contributed by atoms with Gasteiger partial charge in [0.05, 0.1) is 11.9 Å². The Morgan fingerprint density at radius 2 is 2.00 bits per heavy atom. The molecule has 1 aliphatic rings. The molecule has 0 spiro atoms. The minimum absolute atomic E-state index is 0.0919. The number of amides is 1. The number of H-pyrrole nitrogens is 1. The normalized spacial score (nSPS) is 14.1. The minimum atomic E-state index is -0.433. The molecule has 0 atom stereocenters. The summed E-state index contributed by atoms with van der Waals surface area (Å²) < 4.78 is 0. The van der Waals surface area contributed by atoms with Gasteiger partial charge < -0.3 is 15.2 Å². The largest absolute Gasteiger partial charge is 0.357 e. The Balaban J connectivity index is 1.72. The van der Waals surface area contributed by atoms with Crippen LogP contribution in [0, 0.1) is 6.92 Å². The maximum Gasteiger partial charge on any atom is 0.261 e. The lowest BCUT2D eigenvalue weighted by atomic mass is 10.2. The zero-order valence-electron chi connectivity index (χ0n) is 12.4. The van der Waals surface area contributed by atoms with E-state index < -0.39 is 5.91 Å². The molecule has 3 rings (SSSR count). The molecule has 0 bridgehead atoms. The average molecular weight is 298 g/mol. The van der Waals surface area contributed by atoms with Crippen molar-refractivity contribution in [3.63, 3.8) is 0 Å². The number of hydrogen-bond acceptors (Lipinski definition) is 4. The van der Waals surface area contributed by atoms with Crippen LogP contribution in [0.5, 0.6) is 0 Å². The Kier molecular flexibility index (Phi) is 3.91. The van der Waals surface area contributed by atoms with Gasteiger partial charge in [-0.2, -0.15) is 0 Å². The van der Waals surface area contributed by atoms with Crippen LogP contribution in [0.2, 0.25) is 0 Å². The molecule has 2 aromatic heterocycles. The van der Waals surface area contributed by atoms with Gasteiger partial charge >= 0.3 is 0 Å². The van der Waals surface area contributed by atoms with Crippen molar-refractivity contribution in [3.05, 3.63) is 52.1 Å². The third kappa shape index (κ3) is 3.00. The number of pyridine rings is 2. The summed E-state index contributed by atoms with van der Waals surface area (Å²) in [6, 6.07) is 6.92.